The van der Waals surface area contributed by atoms with Gasteiger partial charge in [-0.05, 0) is 36.5 Å². The Hall–Kier alpha value is -0.330. The lowest BCUT2D eigenvalue weighted by Gasteiger charge is -2.47. The summed E-state index contributed by atoms with van der Waals surface area (Å²) in [6, 6.07) is 0. The Morgan fingerprint density at radius 1 is 1.27 bits per heavy atom. The molecule has 1 aliphatic rings. The standard InChI is InChI=1S/C14H25F/c1-5-13(4)9-12(3)10-14(6-2,11-13)7-8-15/h3,5-11H2,1-2,4H3. The molecule has 0 N–H and O–H groups in total. The number of alkyl halides is 1. The SMILES string of the molecule is C=C1CC(C)(CC)CC(CC)(CCF)C1. The van der Waals surface area contributed by atoms with Gasteiger partial charge in [0.2, 0.25) is 0 Å². The topological polar surface area (TPSA) is 0 Å². The van der Waals surface area contributed by atoms with Crippen LogP contribution in [-0.4, -0.2) is 6.67 Å². The lowest BCUT2D eigenvalue weighted by Crippen LogP contribution is -2.35. The molecule has 0 aliphatic heterocycles. The zero-order valence-electron chi connectivity index (χ0n) is 10.5. The maximum Gasteiger partial charge on any atom is 0.0899 e. The van der Waals surface area contributed by atoms with Gasteiger partial charge in [-0.1, -0.05) is 45.8 Å². The first-order chi connectivity index (χ1) is 6.99. The lowest BCUT2D eigenvalue weighted by atomic mass is 9.58. The fourth-order valence-electron chi connectivity index (χ4n) is 3.28. The second kappa shape index (κ2) is 4.67. The Morgan fingerprint density at radius 3 is 2.40 bits per heavy atom. The van der Waals surface area contributed by atoms with E-state index in [1.165, 1.54) is 18.4 Å². The van der Waals surface area contributed by atoms with Crippen molar-refractivity contribution in [2.45, 2.75) is 59.3 Å². The summed E-state index contributed by atoms with van der Waals surface area (Å²) >= 11 is 0. The predicted molar refractivity (Wildman–Crippen MR) is 64.7 cm³/mol. The third-order valence-electron chi connectivity index (χ3n) is 4.33. The Kier molecular flexibility index (Phi) is 3.97. The second-order valence-electron chi connectivity index (χ2n) is 5.74. The quantitative estimate of drug-likeness (QED) is 0.581. The number of hydrogen-bond acceptors (Lipinski definition) is 0. The van der Waals surface area contributed by atoms with E-state index in [1.807, 2.05) is 0 Å². The van der Waals surface area contributed by atoms with Crippen LogP contribution in [0.15, 0.2) is 12.2 Å². The molecule has 0 saturated heterocycles. The van der Waals surface area contributed by atoms with Crippen LogP contribution in [0.25, 0.3) is 0 Å². The van der Waals surface area contributed by atoms with Gasteiger partial charge in [-0.2, -0.15) is 0 Å². The molecule has 0 heterocycles. The molecule has 0 bridgehead atoms. The summed E-state index contributed by atoms with van der Waals surface area (Å²) in [5.41, 5.74) is 1.90. The van der Waals surface area contributed by atoms with Crippen LogP contribution in [0.2, 0.25) is 0 Å². The second-order valence-corrected chi connectivity index (χ2v) is 5.74. The van der Waals surface area contributed by atoms with Gasteiger partial charge >= 0.3 is 0 Å². The van der Waals surface area contributed by atoms with E-state index in [0.29, 0.717) is 5.41 Å². The molecule has 2 atom stereocenters. The van der Waals surface area contributed by atoms with Crippen molar-refractivity contribution in [3.63, 3.8) is 0 Å². The highest BCUT2D eigenvalue weighted by molar-refractivity contribution is 5.10. The molecular formula is C14H25F. The molecule has 1 heteroatoms. The first-order valence-corrected chi connectivity index (χ1v) is 6.22. The summed E-state index contributed by atoms with van der Waals surface area (Å²) in [6.07, 6.45) is 6.35. The van der Waals surface area contributed by atoms with Crippen molar-refractivity contribution >= 4 is 0 Å². The van der Waals surface area contributed by atoms with E-state index >= 15 is 0 Å². The molecule has 15 heavy (non-hydrogen) atoms. The average Bonchev–Trinajstić information content (AvgIpc) is 2.17. The molecule has 0 spiro atoms. The van der Waals surface area contributed by atoms with Crippen molar-refractivity contribution in [2.75, 3.05) is 6.67 Å². The minimum absolute atomic E-state index is 0.180. The van der Waals surface area contributed by atoms with Crippen molar-refractivity contribution in [1.82, 2.24) is 0 Å². The Morgan fingerprint density at radius 2 is 1.93 bits per heavy atom. The van der Waals surface area contributed by atoms with E-state index in [-0.39, 0.29) is 12.1 Å². The van der Waals surface area contributed by atoms with Crippen molar-refractivity contribution < 1.29 is 4.39 Å². The average molecular weight is 212 g/mol. The van der Waals surface area contributed by atoms with Crippen LogP contribution in [0.3, 0.4) is 0 Å². The smallest absolute Gasteiger partial charge is 0.0899 e. The minimum Gasteiger partial charge on any atom is -0.251 e. The minimum atomic E-state index is -0.180. The van der Waals surface area contributed by atoms with E-state index in [1.54, 1.807) is 0 Å². The van der Waals surface area contributed by atoms with Crippen LogP contribution in [-0.2, 0) is 0 Å². The Labute approximate surface area is 94.0 Å². The maximum absolute atomic E-state index is 12.7. The Balaban J connectivity index is 2.85. The van der Waals surface area contributed by atoms with Gasteiger partial charge < -0.3 is 0 Å². The van der Waals surface area contributed by atoms with Crippen LogP contribution in [0.5, 0.6) is 0 Å². The number of hydrogen-bond donors (Lipinski definition) is 0. The largest absolute Gasteiger partial charge is 0.251 e. The molecule has 0 aromatic rings. The molecular weight excluding hydrogens is 187 g/mol. The summed E-state index contributed by atoms with van der Waals surface area (Å²) < 4.78 is 12.7. The number of allylic oxidation sites excluding steroid dienone is 1. The normalized spacial score (nSPS) is 36.9. The maximum atomic E-state index is 12.7. The van der Waals surface area contributed by atoms with Gasteiger partial charge in [0.05, 0.1) is 6.67 Å². The zero-order valence-corrected chi connectivity index (χ0v) is 10.5. The van der Waals surface area contributed by atoms with Gasteiger partial charge in [-0.15, -0.1) is 0 Å². The summed E-state index contributed by atoms with van der Waals surface area (Å²) in [4.78, 5) is 0. The van der Waals surface area contributed by atoms with Gasteiger partial charge in [0.15, 0.2) is 0 Å². The molecule has 0 aromatic carbocycles. The van der Waals surface area contributed by atoms with Gasteiger partial charge in [0, 0.05) is 0 Å². The lowest BCUT2D eigenvalue weighted by molar-refractivity contribution is 0.0799. The number of halogens is 1. The molecule has 0 aromatic heterocycles. The highest BCUT2D eigenvalue weighted by Crippen LogP contribution is 2.53. The molecule has 1 rings (SSSR count). The third-order valence-corrected chi connectivity index (χ3v) is 4.33. The van der Waals surface area contributed by atoms with Gasteiger partial charge in [0.1, 0.15) is 0 Å². The van der Waals surface area contributed by atoms with E-state index in [0.717, 1.165) is 25.7 Å². The van der Waals surface area contributed by atoms with Gasteiger partial charge in [-0.3, -0.25) is 4.39 Å². The fraction of sp³-hybridized carbons (Fsp3) is 0.857. The van der Waals surface area contributed by atoms with Gasteiger partial charge in [0.25, 0.3) is 0 Å². The van der Waals surface area contributed by atoms with Crippen LogP contribution in [0, 0.1) is 10.8 Å². The molecule has 0 nitrogen and oxygen atoms in total. The summed E-state index contributed by atoms with van der Waals surface area (Å²) in [6.45, 7) is 10.8. The molecule has 0 radical (unpaired) electrons. The van der Waals surface area contributed by atoms with E-state index in [9.17, 15) is 4.39 Å². The van der Waals surface area contributed by atoms with Crippen LogP contribution < -0.4 is 0 Å². The van der Waals surface area contributed by atoms with Gasteiger partial charge in [-0.25, -0.2) is 0 Å². The van der Waals surface area contributed by atoms with Crippen molar-refractivity contribution in [2.24, 2.45) is 10.8 Å². The molecule has 1 saturated carbocycles. The molecule has 0 amide bonds. The van der Waals surface area contributed by atoms with Crippen LogP contribution in [0.4, 0.5) is 4.39 Å². The molecule has 1 aliphatic carbocycles. The van der Waals surface area contributed by atoms with Crippen molar-refractivity contribution in [3.8, 4) is 0 Å². The van der Waals surface area contributed by atoms with Crippen molar-refractivity contribution in [3.05, 3.63) is 12.2 Å². The highest BCUT2D eigenvalue weighted by Gasteiger charge is 2.41. The third kappa shape index (κ3) is 2.83. The summed E-state index contributed by atoms with van der Waals surface area (Å²) in [7, 11) is 0. The highest BCUT2D eigenvalue weighted by atomic mass is 19.1. The Bertz CT molecular complexity index is 233. The predicted octanol–water partition coefficient (Wildman–Crippen LogP) is 4.90. The summed E-state index contributed by atoms with van der Waals surface area (Å²) in [5.74, 6) is 0. The van der Waals surface area contributed by atoms with E-state index < -0.39 is 0 Å². The van der Waals surface area contributed by atoms with E-state index in [2.05, 4.69) is 27.4 Å². The summed E-state index contributed by atoms with van der Waals surface area (Å²) in [5, 5.41) is 0. The van der Waals surface area contributed by atoms with Crippen LogP contribution in [0.1, 0.15) is 59.3 Å². The number of rotatable bonds is 4. The molecule has 1 fully saturated rings. The monoisotopic (exact) mass is 212 g/mol. The van der Waals surface area contributed by atoms with Crippen LogP contribution >= 0.6 is 0 Å². The first kappa shape index (κ1) is 12.7. The zero-order chi connectivity index (χ0) is 11.5. The first-order valence-electron chi connectivity index (χ1n) is 6.22. The molecule has 88 valence electrons. The molecule has 2 unspecified atom stereocenters. The fourth-order valence-corrected chi connectivity index (χ4v) is 3.28. The van der Waals surface area contributed by atoms with Crippen molar-refractivity contribution in [1.29, 1.82) is 0 Å². The van der Waals surface area contributed by atoms with E-state index in [4.69, 9.17) is 0 Å².